The summed E-state index contributed by atoms with van der Waals surface area (Å²) >= 11 is 0. The Balaban J connectivity index is 1.64. The molecule has 0 radical (unpaired) electrons. The number of benzene rings is 1. The average molecular weight is 390 g/mol. The molecular formula is C19H17F3N4O2. The second-order valence-corrected chi connectivity index (χ2v) is 6.51. The highest BCUT2D eigenvalue weighted by atomic mass is 19.4. The molecule has 0 saturated carbocycles. The zero-order valence-corrected chi connectivity index (χ0v) is 14.6. The van der Waals surface area contributed by atoms with Crippen LogP contribution in [0.15, 0.2) is 59.3 Å². The number of nitrogens with zero attached hydrogens (tertiary/aromatic N) is 2. The molecule has 0 saturated heterocycles. The maximum atomic E-state index is 13.7. The molecule has 146 valence electrons. The molecule has 1 aliphatic rings. The van der Waals surface area contributed by atoms with Gasteiger partial charge in [-0.15, -0.1) is 0 Å². The van der Waals surface area contributed by atoms with E-state index < -0.39 is 24.2 Å². The summed E-state index contributed by atoms with van der Waals surface area (Å²) < 4.78 is 47.0. The summed E-state index contributed by atoms with van der Waals surface area (Å²) in [4.78, 5) is 12.5. The number of rotatable bonds is 4. The molecule has 2 N–H and O–H groups in total. The van der Waals surface area contributed by atoms with Gasteiger partial charge in [-0.3, -0.25) is 4.79 Å². The number of aromatic nitrogens is 2. The number of fused-ring (bicyclic) bond motifs is 1. The normalized spacial score (nSPS) is 19.0. The summed E-state index contributed by atoms with van der Waals surface area (Å²) in [6.45, 7) is 0.126. The molecule has 2 atom stereocenters. The molecule has 9 heteroatoms. The molecule has 0 spiro atoms. The Morgan fingerprint density at radius 1 is 1.25 bits per heavy atom. The summed E-state index contributed by atoms with van der Waals surface area (Å²) in [5.41, 5.74) is 0.771. The van der Waals surface area contributed by atoms with Gasteiger partial charge in [0.25, 0.3) is 5.91 Å². The van der Waals surface area contributed by atoms with Crippen molar-refractivity contribution in [1.82, 2.24) is 15.1 Å². The van der Waals surface area contributed by atoms with Crippen LogP contribution in [0.2, 0.25) is 0 Å². The molecule has 0 fully saturated rings. The molecule has 0 bridgehead atoms. The van der Waals surface area contributed by atoms with E-state index in [1.807, 2.05) is 0 Å². The third-order valence-electron chi connectivity index (χ3n) is 4.69. The number of hydrogen-bond acceptors (Lipinski definition) is 4. The number of anilines is 1. The molecular weight excluding hydrogens is 373 g/mol. The van der Waals surface area contributed by atoms with E-state index in [9.17, 15) is 18.0 Å². The van der Waals surface area contributed by atoms with Crippen LogP contribution in [-0.2, 0) is 6.54 Å². The number of furan rings is 1. The van der Waals surface area contributed by atoms with Crippen molar-refractivity contribution < 1.29 is 22.4 Å². The van der Waals surface area contributed by atoms with Crippen molar-refractivity contribution in [2.75, 3.05) is 5.32 Å². The largest absolute Gasteiger partial charge is 0.467 e. The predicted octanol–water partition coefficient (Wildman–Crippen LogP) is 4.07. The van der Waals surface area contributed by atoms with Gasteiger partial charge in [0.05, 0.1) is 25.0 Å². The van der Waals surface area contributed by atoms with Gasteiger partial charge >= 0.3 is 6.18 Å². The van der Waals surface area contributed by atoms with Crippen molar-refractivity contribution in [3.8, 4) is 0 Å². The fraction of sp³-hybridized carbons (Fsp3) is 0.263. The lowest BCUT2D eigenvalue weighted by Crippen LogP contribution is -2.36. The SMILES string of the molecule is O=C(NCc1ccco1)c1cnn2c1N[C@@H](c1ccccc1)C[C@H]2C(F)(F)F. The van der Waals surface area contributed by atoms with Crippen LogP contribution in [0.4, 0.5) is 19.0 Å². The van der Waals surface area contributed by atoms with E-state index in [1.54, 1.807) is 42.5 Å². The van der Waals surface area contributed by atoms with Crippen LogP contribution >= 0.6 is 0 Å². The maximum Gasteiger partial charge on any atom is 0.410 e. The molecule has 1 aromatic carbocycles. The summed E-state index contributed by atoms with van der Waals surface area (Å²) in [7, 11) is 0. The second-order valence-electron chi connectivity index (χ2n) is 6.51. The highest BCUT2D eigenvalue weighted by Gasteiger charge is 2.47. The van der Waals surface area contributed by atoms with E-state index >= 15 is 0 Å². The Labute approximate surface area is 158 Å². The number of halogens is 3. The lowest BCUT2D eigenvalue weighted by atomic mass is 9.96. The number of carbonyl (C=O) groups excluding carboxylic acids is 1. The first kappa shape index (κ1) is 18.1. The van der Waals surface area contributed by atoms with Gasteiger partial charge in [0, 0.05) is 6.42 Å². The summed E-state index contributed by atoms with van der Waals surface area (Å²) in [5.74, 6) is 0.0665. The predicted molar refractivity (Wildman–Crippen MR) is 94.6 cm³/mol. The zero-order chi connectivity index (χ0) is 19.7. The van der Waals surface area contributed by atoms with Gasteiger partial charge in [-0.25, -0.2) is 4.68 Å². The molecule has 28 heavy (non-hydrogen) atoms. The fourth-order valence-electron chi connectivity index (χ4n) is 3.31. The second kappa shape index (κ2) is 7.06. The lowest BCUT2D eigenvalue weighted by Gasteiger charge is -2.34. The first-order valence-electron chi connectivity index (χ1n) is 8.70. The van der Waals surface area contributed by atoms with E-state index in [2.05, 4.69) is 15.7 Å². The Bertz CT molecular complexity index is 951. The highest BCUT2D eigenvalue weighted by molar-refractivity contribution is 5.98. The molecule has 1 amide bonds. The molecule has 2 aromatic heterocycles. The standard InChI is InChI=1S/C19H17F3N4O2/c20-19(21,22)16-9-15(12-5-2-1-3-6-12)25-17-14(11-24-26(16)17)18(27)23-10-13-7-4-8-28-13/h1-8,11,15-16,25H,9-10H2,(H,23,27)/t15-,16+/m1/s1. The van der Waals surface area contributed by atoms with Gasteiger partial charge in [-0.1, -0.05) is 30.3 Å². The Morgan fingerprint density at radius 3 is 2.71 bits per heavy atom. The fourth-order valence-corrected chi connectivity index (χ4v) is 3.31. The summed E-state index contributed by atoms with van der Waals surface area (Å²) in [6, 6.07) is 9.81. The number of amides is 1. The number of hydrogen-bond donors (Lipinski definition) is 2. The Morgan fingerprint density at radius 2 is 2.04 bits per heavy atom. The number of nitrogens with one attached hydrogen (secondary N) is 2. The van der Waals surface area contributed by atoms with Gasteiger partial charge in [-0.2, -0.15) is 18.3 Å². The molecule has 0 aliphatic carbocycles. The molecule has 0 unspecified atom stereocenters. The number of alkyl halides is 3. The molecule has 1 aliphatic heterocycles. The quantitative estimate of drug-likeness (QED) is 0.705. The van der Waals surface area contributed by atoms with Crippen molar-refractivity contribution in [2.45, 2.75) is 31.2 Å². The lowest BCUT2D eigenvalue weighted by molar-refractivity contribution is -0.173. The van der Waals surface area contributed by atoms with E-state index in [4.69, 9.17) is 4.42 Å². The average Bonchev–Trinajstić information content (AvgIpc) is 3.35. The van der Waals surface area contributed by atoms with E-state index in [0.717, 1.165) is 10.9 Å². The topological polar surface area (TPSA) is 72.1 Å². The van der Waals surface area contributed by atoms with Crippen molar-refractivity contribution >= 4 is 11.7 Å². The third-order valence-corrected chi connectivity index (χ3v) is 4.69. The van der Waals surface area contributed by atoms with E-state index in [0.29, 0.717) is 11.3 Å². The van der Waals surface area contributed by atoms with Crippen LogP contribution < -0.4 is 10.6 Å². The van der Waals surface area contributed by atoms with Crippen LogP contribution in [-0.4, -0.2) is 21.9 Å². The zero-order valence-electron chi connectivity index (χ0n) is 14.6. The van der Waals surface area contributed by atoms with Gasteiger partial charge in [-0.05, 0) is 17.7 Å². The summed E-state index contributed by atoms with van der Waals surface area (Å²) in [6.07, 6.45) is -2.07. The first-order chi connectivity index (χ1) is 13.4. The monoisotopic (exact) mass is 390 g/mol. The minimum atomic E-state index is -4.49. The smallest absolute Gasteiger partial charge is 0.410 e. The van der Waals surface area contributed by atoms with Crippen LogP contribution in [0.5, 0.6) is 0 Å². The van der Waals surface area contributed by atoms with Crippen LogP contribution in [0, 0.1) is 0 Å². The molecule has 4 rings (SSSR count). The van der Waals surface area contributed by atoms with Crippen LogP contribution in [0.1, 0.15) is 40.2 Å². The van der Waals surface area contributed by atoms with Gasteiger partial charge in [0.15, 0.2) is 6.04 Å². The third kappa shape index (κ3) is 3.47. The Hall–Kier alpha value is -3.23. The molecule has 3 heterocycles. The van der Waals surface area contributed by atoms with Crippen molar-refractivity contribution in [3.05, 3.63) is 71.8 Å². The van der Waals surface area contributed by atoms with Gasteiger partial charge < -0.3 is 15.1 Å². The van der Waals surface area contributed by atoms with Crippen LogP contribution in [0.3, 0.4) is 0 Å². The Kier molecular flexibility index (Phi) is 4.58. The first-order valence-corrected chi connectivity index (χ1v) is 8.70. The minimum Gasteiger partial charge on any atom is -0.467 e. The van der Waals surface area contributed by atoms with E-state index in [-0.39, 0.29) is 24.3 Å². The van der Waals surface area contributed by atoms with Gasteiger partial charge in [0.2, 0.25) is 0 Å². The van der Waals surface area contributed by atoms with Crippen molar-refractivity contribution in [2.24, 2.45) is 0 Å². The van der Waals surface area contributed by atoms with Crippen LogP contribution in [0.25, 0.3) is 0 Å². The number of carbonyl (C=O) groups is 1. The molecule has 6 nitrogen and oxygen atoms in total. The highest BCUT2D eigenvalue weighted by Crippen LogP contribution is 2.44. The summed E-state index contributed by atoms with van der Waals surface area (Å²) in [5, 5.41) is 9.54. The maximum absolute atomic E-state index is 13.7. The van der Waals surface area contributed by atoms with Crippen molar-refractivity contribution in [3.63, 3.8) is 0 Å². The van der Waals surface area contributed by atoms with E-state index in [1.165, 1.54) is 6.26 Å². The minimum absolute atomic E-state index is 0.0550. The van der Waals surface area contributed by atoms with Crippen molar-refractivity contribution in [1.29, 1.82) is 0 Å². The molecule has 3 aromatic rings. The van der Waals surface area contributed by atoms with Gasteiger partial charge in [0.1, 0.15) is 17.1 Å².